The smallest absolute Gasteiger partial charge is 0.462 e. The zero-order valence-electron chi connectivity index (χ0n) is 66.2. The molecule has 0 bridgehead atoms. The van der Waals surface area contributed by atoms with E-state index in [1.807, 2.05) is 0 Å². The van der Waals surface area contributed by atoms with Gasteiger partial charge in [0.25, 0.3) is 0 Å². The fraction of sp³-hybridized carbons (Fsp3) is 0.951. The van der Waals surface area contributed by atoms with Gasteiger partial charge in [0.05, 0.1) is 26.4 Å². The van der Waals surface area contributed by atoms with Crippen molar-refractivity contribution in [3.8, 4) is 0 Å². The number of phosphoric ester groups is 2. The molecule has 0 saturated heterocycles. The Bertz CT molecular complexity index is 1940. The van der Waals surface area contributed by atoms with Gasteiger partial charge < -0.3 is 33.8 Å². The van der Waals surface area contributed by atoms with Crippen LogP contribution in [0, 0.1) is 11.8 Å². The Labute approximate surface area is 619 Å². The molecule has 600 valence electrons. The molecule has 0 radical (unpaired) electrons. The predicted octanol–water partition coefficient (Wildman–Crippen LogP) is 24.7. The molecule has 0 amide bonds. The second kappa shape index (κ2) is 73.6. The molecule has 19 heteroatoms. The van der Waals surface area contributed by atoms with Crippen molar-refractivity contribution >= 4 is 39.5 Å². The Morgan fingerprint density at radius 2 is 0.455 bits per heavy atom. The normalized spacial score (nSPS) is 13.9. The molecule has 2 unspecified atom stereocenters. The van der Waals surface area contributed by atoms with Gasteiger partial charge in [-0.15, -0.1) is 0 Å². The fourth-order valence-electron chi connectivity index (χ4n) is 12.7. The quantitative estimate of drug-likeness (QED) is 0.0222. The second-order valence-electron chi connectivity index (χ2n) is 30.5. The van der Waals surface area contributed by atoms with E-state index in [1.165, 1.54) is 250 Å². The average Bonchev–Trinajstić information content (AvgIpc) is 1.11. The largest absolute Gasteiger partial charge is 0.472 e. The zero-order valence-corrected chi connectivity index (χ0v) is 68.0. The third-order valence-electron chi connectivity index (χ3n) is 19.2. The van der Waals surface area contributed by atoms with Crippen molar-refractivity contribution in [2.24, 2.45) is 11.8 Å². The van der Waals surface area contributed by atoms with Gasteiger partial charge in [0.1, 0.15) is 19.3 Å². The standard InChI is InChI=1S/C82H160O17P2/c1-7-9-11-13-15-17-19-20-21-22-23-24-25-26-27-28-31-36-42-48-54-60-66-81(86)98-77(70-93-80(85)65-59-53-47-41-35-32-29-30-34-38-44-50-56-62-74(3)4)72-96-100(88,89)94-68-76(83)69-95-101(90,91)97-73-78(71-92-79(84)64-58-52-46-40-33-18-16-14-12-10-8-2)99-82(87)67-61-55-49-43-37-39-45-51-57-63-75(5)6/h74-78,83H,7-73H2,1-6H3,(H,88,89)(H,90,91)/t76-,77-,78-/m1/s1. The van der Waals surface area contributed by atoms with Gasteiger partial charge in [0.2, 0.25) is 0 Å². The van der Waals surface area contributed by atoms with E-state index in [1.54, 1.807) is 0 Å². The highest BCUT2D eigenvalue weighted by Crippen LogP contribution is 2.45. The molecule has 0 aliphatic carbocycles. The van der Waals surface area contributed by atoms with Crippen LogP contribution in [0.25, 0.3) is 0 Å². The molecule has 0 aromatic rings. The number of phosphoric acid groups is 2. The molecule has 0 saturated carbocycles. The summed E-state index contributed by atoms with van der Waals surface area (Å²) in [4.78, 5) is 73.0. The number of unbranched alkanes of at least 4 members (excludes halogenated alkanes) is 51. The molecule has 0 aliphatic heterocycles. The van der Waals surface area contributed by atoms with Gasteiger partial charge in [-0.25, -0.2) is 9.13 Å². The first kappa shape index (κ1) is 99.1. The summed E-state index contributed by atoms with van der Waals surface area (Å²) in [6.07, 6.45) is 63.9. The number of hydrogen-bond acceptors (Lipinski definition) is 15. The van der Waals surface area contributed by atoms with Gasteiger partial charge in [0.15, 0.2) is 12.2 Å². The molecule has 0 fully saturated rings. The number of ether oxygens (including phenoxy) is 4. The molecule has 3 N–H and O–H groups in total. The van der Waals surface area contributed by atoms with E-state index in [0.29, 0.717) is 25.7 Å². The van der Waals surface area contributed by atoms with E-state index >= 15 is 0 Å². The van der Waals surface area contributed by atoms with Crippen molar-refractivity contribution in [2.45, 2.75) is 452 Å². The van der Waals surface area contributed by atoms with Crippen LogP contribution in [0.1, 0.15) is 433 Å². The summed E-state index contributed by atoms with van der Waals surface area (Å²) in [6, 6.07) is 0. The lowest BCUT2D eigenvalue weighted by Gasteiger charge is -2.21. The number of rotatable bonds is 81. The van der Waals surface area contributed by atoms with E-state index in [0.717, 1.165) is 102 Å². The summed E-state index contributed by atoms with van der Waals surface area (Å²) in [5.41, 5.74) is 0. The lowest BCUT2D eigenvalue weighted by atomic mass is 10.0. The van der Waals surface area contributed by atoms with Gasteiger partial charge in [-0.1, -0.05) is 382 Å². The van der Waals surface area contributed by atoms with Gasteiger partial charge in [-0.3, -0.25) is 37.3 Å². The van der Waals surface area contributed by atoms with Crippen LogP contribution in [-0.4, -0.2) is 96.7 Å². The molecule has 0 aromatic carbocycles. The van der Waals surface area contributed by atoms with Crippen LogP contribution in [0.5, 0.6) is 0 Å². The van der Waals surface area contributed by atoms with Crippen molar-refractivity contribution in [3.63, 3.8) is 0 Å². The van der Waals surface area contributed by atoms with Crippen molar-refractivity contribution in [3.05, 3.63) is 0 Å². The molecule has 0 rings (SSSR count). The summed E-state index contributed by atoms with van der Waals surface area (Å²) in [7, 11) is -9.92. The lowest BCUT2D eigenvalue weighted by Crippen LogP contribution is -2.30. The minimum Gasteiger partial charge on any atom is -0.462 e. The number of carbonyl (C=O) groups is 4. The van der Waals surface area contributed by atoms with Gasteiger partial charge in [-0.2, -0.15) is 0 Å². The van der Waals surface area contributed by atoms with Crippen LogP contribution in [0.2, 0.25) is 0 Å². The monoisotopic (exact) mass is 1480 g/mol. The topological polar surface area (TPSA) is 237 Å². The number of hydrogen-bond donors (Lipinski definition) is 3. The molecule has 0 spiro atoms. The van der Waals surface area contributed by atoms with Crippen LogP contribution in [0.3, 0.4) is 0 Å². The zero-order chi connectivity index (χ0) is 74.2. The summed E-state index contributed by atoms with van der Waals surface area (Å²) in [5, 5.41) is 10.6. The summed E-state index contributed by atoms with van der Waals surface area (Å²) in [5.74, 6) is -0.581. The summed E-state index contributed by atoms with van der Waals surface area (Å²) < 4.78 is 68.7. The molecule has 0 aliphatic rings. The summed E-state index contributed by atoms with van der Waals surface area (Å²) >= 11 is 0. The predicted molar refractivity (Wildman–Crippen MR) is 414 cm³/mol. The van der Waals surface area contributed by atoms with Crippen LogP contribution >= 0.6 is 15.6 Å². The molecular weight excluding hydrogens is 1320 g/mol. The number of esters is 4. The van der Waals surface area contributed by atoms with E-state index in [9.17, 15) is 43.2 Å². The minimum absolute atomic E-state index is 0.106. The first-order valence-corrected chi connectivity index (χ1v) is 45.5. The molecular formula is C82H160O17P2. The highest BCUT2D eigenvalue weighted by Gasteiger charge is 2.30. The Kier molecular flexibility index (Phi) is 72.2. The number of aliphatic hydroxyl groups is 1. The van der Waals surface area contributed by atoms with E-state index in [4.69, 9.17) is 37.0 Å². The second-order valence-corrected chi connectivity index (χ2v) is 33.4. The van der Waals surface area contributed by atoms with E-state index in [2.05, 4.69) is 41.5 Å². The maximum atomic E-state index is 13.1. The van der Waals surface area contributed by atoms with Crippen LogP contribution < -0.4 is 0 Å². The average molecular weight is 1480 g/mol. The SMILES string of the molecule is CCCCCCCCCCCCCCCCCCCCCCCCC(=O)O[C@H](COC(=O)CCCCCCCCCCCCCCCC(C)C)COP(=O)(O)OC[C@@H](O)COP(=O)(O)OC[C@@H](COC(=O)CCCCCCCCCCCCC)OC(=O)CCCCCCCCCCCC(C)C. The van der Waals surface area contributed by atoms with E-state index in [-0.39, 0.29) is 25.7 Å². The Morgan fingerprint density at radius 3 is 0.673 bits per heavy atom. The van der Waals surface area contributed by atoms with Crippen LogP contribution in [0.4, 0.5) is 0 Å². The minimum atomic E-state index is -4.96. The summed E-state index contributed by atoms with van der Waals surface area (Å²) in [6.45, 7) is 9.63. The van der Waals surface area contributed by atoms with Crippen molar-refractivity contribution in [1.29, 1.82) is 0 Å². The number of aliphatic hydroxyl groups excluding tert-OH is 1. The highest BCUT2D eigenvalue weighted by atomic mass is 31.2. The number of carbonyl (C=O) groups excluding carboxylic acids is 4. The third kappa shape index (κ3) is 76.1. The third-order valence-corrected chi connectivity index (χ3v) is 21.1. The maximum absolute atomic E-state index is 13.1. The molecule has 17 nitrogen and oxygen atoms in total. The van der Waals surface area contributed by atoms with E-state index < -0.39 is 97.5 Å². The van der Waals surface area contributed by atoms with Crippen LogP contribution in [0.15, 0.2) is 0 Å². The maximum Gasteiger partial charge on any atom is 0.472 e. The van der Waals surface area contributed by atoms with Crippen molar-refractivity contribution in [2.75, 3.05) is 39.6 Å². The first-order chi connectivity index (χ1) is 48.9. The van der Waals surface area contributed by atoms with Crippen molar-refractivity contribution < 1.29 is 80.2 Å². The molecule has 101 heavy (non-hydrogen) atoms. The Hall–Kier alpha value is -1.94. The van der Waals surface area contributed by atoms with Gasteiger partial charge >= 0.3 is 39.5 Å². The molecule has 5 atom stereocenters. The van der Waals surface area contributed by atoms with Gasteiger partial charge in [0, 0.05) is 25.7 Å². The molecule has 0 aromatic heterocycles. The molecule has 0 heterocycles. The Balaban J connectivity index is 5.21. The fourth-order valence-corrected chi connectivity index (χ4v) is 14.3. The Morgan fingerprint density at radius 1 is 0.267 bits per heavy atom. The highest BCUT2D eigenvalue weighted by molar-refractivity contribution is 7.47. The lowest BCUT2D eigenvalue weighted by molar-refractivity contribution is -0.161. The van der Waals surface area contributed by atoms with Crippen LogP contribution in [-0.2, 0) is 65.4 Å². The first-order valence-electron chi connectivity index (χ1n) is 42.5. The van der Waals surface area contributed by atoms with Gasteiger partial charge in [-0.05, 0) is 37.5 Å². The van der Waals surface area contributed by atoms with Crippen molar-refractivity contribution in [1.82, 2.24) is 0 Å².